The lowest BCUT2D eigenvalue weighted by atomic mass is 10.1. The van der Waals surface area contributed by atoms with Crippen molar-refractivity contribution in [2.24, 2.45) is 7.05 Å². The van der Waals surface area contributed by atoms with E-state index in [1.807, 2.05) is 50.2 Å². The number of piperazine rings is 1. The molecule has 0 atom stereocenters. The lowest BCUT2D eigenvalue weighted by Gasteiger charge is -2.35. The van der Waals surface area contributed by atoms with Gasteiger partial charge in [0.1, 0.15) is 23.0 Å². The van der Waals surface area contributed by atoms with E-state index < -0.39 is 0 Å². The molecule has 190 valence electrons. The third-order valence-corrected chi connectivity index (χ3v) is 6.61. The van der Waals surface area contributed by atoms with Gasteiger partial charge in [0.05, 0.1) is 37.1 Å². The van der Waals surface area contributed by atoms with Crippen LogP contribution in [0.25, 0.3) is 28.0 Å². The third kappa shape index (κ3) is 4.51. The van der Waals surface area contributed by atoms with Gasteiger partial charge in [-0.2, -0.15) is 15.5 Å². The Morgan fingerprint density at radius 2 is 1.74 bits per heavy atom. The van der Waals surface area contributed by atoms with Gasteiger partial charge in [0, 0.05) is 81.2 Å². The fourth-order valence-corrected chi connectivity index (χ4v) is 4.63. The zero-order valence-corrected chi connectivity index (χ0v) is 21.1. The van der Waals surface area contributed by atoms with Crippen LogP contribution in [-0.4, -0.2) is 77.5 Å². The second-order valence-electron chi connectivity index (χ2n) is 9.09. The summed E-state index contributed by atoms with van der Waals surface area (Å²) < 4.78 is 8.47. The Bertz CT molecular complexity index is 1610. The van der Waals surface area contributed by atoms with E-state index in [1.165, 1.54) is 0 Å². The first kappa shape index (κ1) is 23.5. The molecule has 6 rings (SSSR count). The molecule has 12 heteroatoms. The van der Waals surface area contributed by atoms with Gasteiger partial charge in [-0.25, -0.2) is 24.5 Å². The SMILES string of the molecule is COc1ncc(CN2CCN(c3ccc(-c4nc(-c5cnn(C)c5)cn5ncc(C#N)c45)cn3)CC2)cn1. The van der Waals surface area contributed by atoms with Crippen molar-refractivity contribution in [1.82, 2.24) is 44.2 Å². The number of aromatic nitrogens is 8. The number of rotatable bonds is 6. The van der Waals surface area contributed by atoms with Crippen LogP contribution in [-0.2, 0) is 13.6 Å². The molecule has 0 radical (unpaired) electrons. The van der Waals surface area contributed by atoms with Crippen LogP contribution < -0.4 is 9.64 Å². The van der Waals surface area contributed by atoms with E-state index in [1.54, 1.807) is 28.7 Å². The largest absolute Gasteiger partial charge is 0.467 e. The minimum absolute atomic E-state index is 0.380. The molecule has 1 saturated heterocycles. The summed E-state index contributed by atoms with van der Waals surface area (Å²) in [7, 11) is 3.42. The summed E-state index contributed by atoms with van der Waals surface area (Å²) in [5, 5.41) is 18.3. The zero-order chi connectivity index (χ0) is 26.1. The lowest BCUT2D eigenvalue weighted by Crippen LogP contribution is -2.46. The molecule has 5 aromatic rings. The third-order valence-electron chi connectivity index (χ3n) is 6.61. The summed E-state index contributed by atoms with van der Waals surface area (Å²) >= 11 is 0. The van der Waals surface area contributed by atoms with Crippen LogP contribution in [0.5, 0.6) is 6.01 Å². The summed E-state index contributed by atoms with van der Waals surface area (Å²) in [6.45, 7) is 4.34. The first-order chi connectivity index (χ1) is 18.6. The van der Waals surface area contributed by atoms with Gasteiger partial charge in [-0.1, -0.05) is 0 Å². The highest BCUT2D eigenvalue weighted by molar-refractivity contribution is 5.83. The van der Waals surface area contributed by atoms with Crippen LogP contribution in [0.2, 0.25) is 0 Å². The number of methoxy groups -OCH3 is 1. The highest BCUT2D eigenvalue weighted by atomic mass is 16.5. The molecule has 0 bridgehead atoms. The molecule has 38 heavy (non-hydrogen) atoms. The number of nitrogens with zero attached hydrogens (tertiary/aromatic N) is 11. The average molecular weight is 508 g/mol. The van der Waals surface area contributed by atoms with Gasteiger partial charge in [0.15, 0.2) is 0 Å². The van der Waals surface area contributed by atoms with E-state index in [4.69, 9.17) is 14.7 Å². The normalized spacial score (nSPS) is 14.1. The van der Waals surface area contributed by atoms with Crippen LogP contribution in [0.4, 0.5) is 5.82 Å². The monoisotopic (exact) mass is 507 g/mol. The summed E-state index contributed by atoms with van der Waals surface area (Å²) in [5.74, 6) is 0.912. The quantitative estimate of drug-likeness (QED) is 0.337. The van der Waals surface area contributed by atoms with E-state index in [0.717, 1.165) is 60.9 Å². The van der Waals surface area contributed by atoms with Crippen LogP contribution in [0.1, 0.15) is 11.1 Å². The van der Waals surface area contributed by atoms with Crippen molar-refractivity contribution in [3.05, 3.63) is 66.6 Å². The minimum atomic E-state index is 0.380. The van der Waals surface area contributed by atoms with Gasteiger partial charge in [0.2, 0.25) is 0 Å². The first-order valence-corrected chi connectivity index (χ1v) is 12.2. The molecule has 1 aliphatic heterocycles. The van der Waals surface area contributed by atoms with Crippen molar-refractivity contribution in [2.75, 3.05) is 38.2 Å². The smallest absolute Gasteiger partial charge is 0.316 e. The fourth-order valence-electron chi connectivity index (χ4n) is 4.63. The standard InChI is InChI=1S/C26H25N11O/c1-34-16-21(14-31-34)22-17-37-25(20(9-27)13-32-37)24(33-22)19-3-4-23(28-12-19)36-7-5-35(6-8-36)15-18-10-29-26(38-2)30-11-18/h3-4,10-14,16-17H,5-8,15H2,1-2H3. The number of pyridine rings is 1. The van der Waals surface area contributed by atoms with Gasteiger partial charge in [0.25, 0.3) is 0 Å². The van der Waals surface area contributed by atoms with Gasteiger partial charge in [-0.15, -0.1) is 0 Å². The Morgan fingerprint density at radius 3 is 2.39 bits per heavy atom. The van der Waals surface area contributed by atoms with Crippen molar-refractivity contribution >= 4 is 11.3 Å². The maximum absolute atomic E-state index is 9.65. The molecule has 1 aliphatic rings. The Balaban J connectivity index is 1.21. The van der Waals surface area contributed by atoms with Crippen molar-refractivity contribution in [2.45, 2.75) is 6.54 Å². The molecular weight excluding hydrogens is 482 g/mol. The molecule has 1 fully saturated rings. The fraction of sp³-hybridized carbons (Fsp3) is 0.269. The van der Waals surface area contributed by atoms with Gasteiger partial charge in [-0.05, 0) is 12.1 Å². The van der Waals surface area contributed by atoms with Crippen molar-refractivity contribution in [3.63, 3.8) is 0 Å². The maximum atomic E-state index is 9.65. The molecule has 0 amide bonds. The average Bonchev–Trinajstić information content (AvgIpc) is 3.59. The molecule has 5 aromatic heterocycles. The maximum Gasteiger partial charge on any atom is 0.316 e. The van der Waals surface area contributed by atoms with Crippen molar-refractivity contribution < 1.29 is 4.74 Å². The number of hydrogen-bond donors (Lipinski definition) is 0. The Morgan fingerprint density at radius 1 is 0.921 bits per heavy atom. The second-order valence-corrected chi connectivity index (χ2v) is 9.09. The second kappa shape index (κ2) is 9.87. The van der Waals surface area contributed by atoms with E-state index >= 15 is 0 Å². The summed E-state index contributed by atoms with van der Waals surface area (Å²) in [4.78, 5) is 22.7. The number of hydrogen-bond acceptors (Lipinski definition) is 10. The number of aryl methyl sites for hydroxylation is 1. The van der Waals surface area contributed by atoms with Gasteiger partial charge >= 0.3 is 6.01 Å². The molecule has 0 saturated carbocycles. The molecule has 12 nitrogen and oxygen atoms in total. The van der Waals surface area contributed by atoms with Gasteiger partial charge in [-0.3, -0.25) is 9.58 Å². The highest BCUT2D eigenvalue weighted by Gasteiger charge is 2.20. The predicted molar refractivity (Wildman–Crippen MR) is 139 cm³/mol. The Hall–Kier alpha value is -4.89. The minimum Gasteiger partial charge on any atom is -0.467 e. The summed E-state index contributed by atoms with van der Waals surface area (Å²) in [6.07, 6.45) is 12.5. The van der Waals surface area contributed by atoms with E-state index in [9.17, 15) is 5.26 Å². The molecule has 0 N–H and O–H groups in total. The lowest BCUT2D eigenvalue weighted by molar-refractivity contribution is 0.248. The molecule has 0 spiro atoms. The topological polar surface area (TPSA) is 126 Å². The van der Waals surface area contributed by atoms with E-state index in [0.29, 0.717) is 22.8 Å². The van der Waals surface area contributed by atoms with Crippen molar-refractivity contribution in [3.8, 4) is 34.6 Å². The molecule has 0 unspecified atom stereocenters. The molecule has 6 heterocycles. The van der Waals surface area contributed by atoms with Crippen LogP contribution in [0.3, 0.4) is 0 Å². The Kier molecular flexibility index (Phi) is 6.11. The predicted octanol–water partition coefficient (Wildman–Crippen LogP) is 2.18. The first-order valence-electron chi connectivity index (χ1n) is 12.2. The number of nitriles is 1. The zero-order valence-electron chi connectivity index (χ0n) is 21.1. The van der Waals surface area contributed by atoms with Crippen LogP contribution >= 0.6 is 0 Å². The van der Waals surface area contributed by atoms with Crippen molar-refractivity contribution in [1.29, 1.82) is 5.26 Å². The van der Waals surface area contributed by atoms with Crippen LogP contribution in [0.15, 0.2) is 55.5 Å². The highest BCUT2D eigenvalue weighted by Crippen LogP contribution is 2.29. The Labute approximate surface area is 218 Å². The number of anilines is 1. The van der Waals surface area contributed by atoms with Crippen LogP contribution in [0, 0.1) is 11.3 Å². The number of ether oxygens (including phenoxy) is 1. The van der Waals surface area contributed by atoms with E-state index in [2.05, 4.69) is 36.0 Å². The number of fused-ring (bicyclic) bond motifs is 1. The molecule has 0 aromatic carbocycles. The summed E-state index contributed by atoms with van der Waals surface area (Å²) in [5.41, 5.74) is 5.25. The van der Waals surface area contributed by atoms with E-state index in [-0.39, 0.29) is 0 Å². The van der Waals surface area contributed by atoms with Gasteiger partial charge < -0.3 is 9.64 Å². The molecule has 0 aliphatic carbocycles. The summed E-state index contributed by atoms with van der Waals surface area (Å²) in [6, 6.07) is 6.63. The molecular formula is C26H25N11O.